The third kappa shape index (κ3) is 4.84. The van der Waals surface area contributed by atoms with Crippen LogP contribution in [0.25, 0.3) is 0 Å². The number of unbranched alkanes of at least 4 members (excludes halogenated alkanes) is 1. The van der Waals surface area contributed by atoms with E-state index >= 15 is 0 Å². The van der Waals surface area contributed by atoms with Gasteiger partial charge in [-0.1, -0.05) is 6.07 Å². The maximum Gasteiger partial charge on any atom is 0.0345 e. The lowest BCUT2D eigenvalue weighted by Crippen LogP contribution is -2.10. The lowest BCUT2D eigenvalue weighted by molar-refractivity contribution is 0.694. The van der Waals surface area contributed by atoms with Gasteiger partial charge in [-0.25, -0.2) is 0 Å². The molecule has 0 aliphatic heterocycles. The van der Waals surface area contributed by atoms with Crippen LogP contribution in [-0.4, -0.2) is 20.1 Å². The van der Waals surface area contributed by atoms with E-state index in [0.29, 0.717) is 0 Å². The molecule has 1 rings (SSSR count). The molecule has 0 aromatic heterocycles. The number of anilines is 1. The Labute approximate surface area is 93.1 Å². The Morgan fingerprint density at radius 1 is 0.933 bits per heavy atom. The smallest absolute Gasteiger partial charge is 0.0345 e. The molecule has 0 radical (unpaired) electrons. The van der Waals surface area contributed by atoms with Gasteiger partial charge in [0.1, 0.15) is 0 Å². The van der Waals surface area contributed by atoms with Crippen LogP contribution in [-0.2, 0) is 0 Å². The van der Waals surface area contributed by atoms with Crippen LogP contribution in [0.3, 0.4) is 0 Å². The van der Waals surface area contributed by atoms with Crippen LogP contribution in [0.1, 0.15) is 24.0 Å². The molecule has 0 heterocycles. The minimum Gasteiger partial charge on any atom is -0.385 e. The van der Waals surface area contributed by atoms with Gasteiger partial charge in [0, 0.05) is 12.2 Å². The van der Waals surface area contributed by atoms with Crippen molar-refractivity contribution in [2.45, 2.75) is 26.7 Å². The first-order chi connectivity index (χ1) is 7.22. The Morgan fingerprint density at radius 3 is 2.13 bits per heavy atom. The van der Waals surface area contributed by atoms with Crippen molar-refractivity contribution in [3.8, 4) is 0 Å². The molecule has 0 saturated carbocycles. The zero-order valence-electron chi connectivity index (χ0n) is 10.1. The zero-order valence-corrected chi connectivity index (χ0v) is 10.1. The number of nitrogens with one attached hydrogen (secondary N) is 2. The highest BCUT2D eigenvalue weighted by Gasteiger charge is 1.94. The molecular formula is C13H22N2. The Morgan fingerprint density at radius 2 is 1.53 bits per heavy atom. The van der Waals surface area contributed by atoms with E-state index in [2.05, 4.69) is 42.7 Å². The van der Waals surface area contributed by atoms with Crippen LogP contribution in [0, 0.1) is 13.8 Å². The second-order valence-corrected chi connectivity index (χ2v) is 4.11. The fourth-order valence-corrected chi connectivity index (χ4v) is 1.74. The molecule has 0 aliphatic rings. The van der Waals surface area contributed by atoms with E-state index in [0.717, 1.165) is 13.1 Å². The van der Waals surface area contributed by atoms with Crippen LogP contribution in [0.2, 0.25) is 0 Å². The molecular weight excluding hydrogens is 184 g/mol. The molecule has 2 heteroatoms. The Kier molecular flexibility index (Phi) is 5.19. The SMILES string of the molecule is CNCCCCNc1cc(C)cc(C)c1. The van der Waals surface area contributed by atoms with Crippen molar-refractivity contribution in [1.82, 2.24) is 5.32 Å². The van der Waals surface area contributed by atoms with E-state index in [9.17, 15) is 0 Å². The number of rotatable bonds is 6. The van der Waals surface area contributed by atoms with Crippen molar-refractivity contribution in [3.05, 3.63) is 29.3 Å². The minimum absolute atomic E-state index is 1.06. The molecule has 0 saturated heterocycles. The standard InChI is InChI=1S/C13H22N2/c1-11-8-12(2)10-13(9-11)15-7-5-4-6-14-3/h8-10,14-15H,4-7H2,1-3H3. The molecule has 0 aliphatic carbocycles. The van der Waals surface area contributed by atoms with Gasteiger partial charge in [-0.3, -0.25) is 0 Å². The molecule has 2 nitrogen and oxygen atoms in total. The van der Waals surface area contributed by atoms with E-state index in [1.54, 1.807) is 0 Å². The number of aryl methyl sites for hydroxylation is 2. The van der Waals surface area contributed by atoms with E-state index in [1.165, 1.54) is 29.7 Å². The highest BCUT2D eigenvalue weighted by Crippen LogP contribution is 2.13. The largest absolute Gasteiger partial charge is 0.385 e. The third-order valence-electron chi connectivity index (χ3n) is 2.40. The monoisotopic (exact) mass is 206 g/mol. The van der Waals surface area contributed by atoms with Crippen molar-refractivity contribution >= 4 is 5.69 Å². The van der Waals surface area contributed by atoms with Crippen LogP contribution >= 0.6 is 0 Å². The summed E-state index contributed by atoms with van der Waals surface area (Å²) in [4.78, 5) is 0. The third-order valence-corrected chi connectivity index (χ3v) is 2.40. The molecule has 0 fully saturated rings. The second-order valence-electron chi connectivity index (χ2n) is 4.11. The fourth-order valence-electron chi connectivity index (χ4n) is 1.74. The topological polar surface area (TPSA) is 24.1 Å². The maximum atomic E-state index is 3.46. The molecule has 0 unspecified atom stereocenters. The average molecular weight is 206 g/mol. The van der Waals surface area contributed by atoms with Gasteiger partial charge in [-0.15, -0.1) is 0 Å². The van der Waals surface area contributed by atoms with Crippen molar-refractivity contribution < 1.29 is 0 Å². The Balaban J connectivity index is 2.31. The summed E-state index contributed by atoms with van der Waals surface area (Å²) in [5.74, 6) is 0. The highest BCUT2D eigenvalue weighted by molar-refractivity contribution is 5.48. The summed E-state index contributed by atoms with van der Waals surface area (Å²) in [5, 5.41) is 6.61. The average Bonchev–Trinajstić information content (AvgIpc) is 2.16. The molecule has 1 aromatic carbocycles. The van der Waals surface area contributed by atoms with Gasteiger partial charge in [0.25, 0.3) is 0 Å². The molecule has 0 bridgehead atoms. The first-order valence-electron chi connectivity index (χ1n) is 5.69. The van der Waals surface area contributed by atoms with E-state index in [4.69, 9.17) is 0 Å². The molecule has 0 atom stereocenters. The molecule has 1 aromatic rings. The lowest BCUT2D eigenvalue weighted by Gasteiger charge is -2.08. The van der Waals surface area contributed by atoms with Gasteiger partial charge in [0.2, 0.25) is 0 Å². The van der Waals surface area contributed by atoms with E-state index in [1.807, 2.05) is 7.05 Å². The maximum absolute atomic E-state index is 3.46. The molecule has 0 amide bonds. The molecule has 0 spiro atoms. The lowest BCUT2D eigenvalue weighted by atomic mass is 10.1. The second kappa shape index (κ2) is 6.46. The predicted octanol–water partition coefficient (Wildman–Crippen LogP) is 2.71. The quantitative estimate of drug-likeness (QED) is 0.699. The highest BCUT2D eigenvalue weighted by atomic mass is 14.9. The molecule has 84 valence electrons. The van der Waals surface area contributed by atoms with Gasteiger partial charge in [-0.2, -0.15) is 0 Å². The normalized spacial score (nSPS) is 10.3. The summed E-state index contributed by atoms with van der Waals surface area (Å²) in [5.41, 5.74) is 3.90. The van der Waals surface area contributed by atoms with Gasteiger partial charge in [0.05, 0.1) is 0 Å². The summed E-state index contributed by atoms with van der Waals surface area (Å²) < 4.78 is 0. The summed E-state index contributed by atoms with van der Waals surface area (Å²) in [6.07, 6.45) is 2.45. The zero-order chi connectivity index (χ0) is 11.1. The first-order valence-corrected chi connectivity index (χ1v) is 5.69. The first kappa shape index (κ1) is 12.1. The number of hydrogen-bond acceptors (Lipinski definition) is 2. The predicted molar refractivity (Wildman–Crippen MR) is 67.6 cm³/mol. The molecule has 2 N–H and O–H groups in total. The fraction of sp³-hybridized carbons (Fsp3) is 0.538. The van der Waals surface area contributed by atoms with Crippen LogP contribution < -0.4 is 10.6 Å². The summed E-state index contributed by atoms with van der Waals surface area (Å²) >= 11 is 0. The van der Waals surface area contributed by atoms with Crippen LogP contribution in [0.5, 0.6) is 0 Å². The Hall–Kier alpha value is -1.02. The summed E-state index contributed by atoms with van der Waals surface area (Å²) in [7, 11) is 2.00. The van der Waals surface area contributed by atoms with Crippen molar-refractivity contribution in [1.29, 1.82) is 0 Å². The summed E-state index contributed by atoms with van der Waals surface area (Å²) in [6.45, 7) is 6.44. The van der Waals surface area contributed by atoms with Crippen molar-refractivity contribution in [2.24, 2.45) is 0 Å². The molecule has 15 heavy (non-hydrogen) atoms. The van der Waals surface area contributed by atoms with Gasteiger partial charge in [0.15, 0.2) is 0 Å². The van der Waals surface area contributed by atoms with Crippen molar-refractivity contribution in [2.75, 3.05) is 25.5 Å². The van der Waals surface area contributed by atoms with Crippen LogP contribution in [0.15, 0.2) is 18.2 Å². The summed E-state index contributed by atoms with van der Waals surface area (Å²) in [6, 6.07) is 6.60. The van der Waals surface area contributed by atoms with E-state index < -0.39 is 0 Å². The Bertz CT molecular complexity index is 274. The van der Waals surface area contributed by atoms with Gasteiger partial charge in [-0.05, 0) is 63.5 Å². The van der Waals surface area contributed by atoms with Crippen LogP contribution in [0.4, 0.5) is 5.69 Å². The van der Waals surface area contributed by atoms with Gasteiger partial charge < -0.3 is 10.6 Å². The number of benzene rings is 1. The van der Waals surface area contributed by atoms with Crippen molar-refractivity contribution in [3.63, 3.8) is 0 Å². The van der Waals surface area contributed by atoms with E-state index in [-0.39, 0.29) is 0 Å². The number of hydrogen-bond donors (Lipinski definition) is 2. The van der Waals surface area contributed by atoms with Gasteiger partial charge >= 0.3 is 0 Å². The minimum atomic E-state index is 1.06.